The molecule has 0 fully saturated rings. The van der Waals surface area contributed by atoms with Gasteiger partial charge in [-0.2, -0.15) is 0 Å². The second-order valence-electron chi connectivity index (χ2n) is 4.12. The lowest BCUT2D eigenvalue weighted by atomic mass is 10.2. The van der Waals surface area contributed by atoms with E-state index in [9.17, 15) is 14.4 Å². The molecule has 0 spiro atoms. The summed E-state index contributed by atoms with van der Waals surface area (Å²) in [5.74, 6) is -2.09. The number of carbonyl (C=O) groups excluding carboxylic acids is 2. The zero-order valence-electron chi connectivity index (χ0n) is 11.8. The molecule has 0 saturated heterocycles. The lowest BCUT2D eigenvalue weighted by molar-refractivity contribution is -0.131. The van der Waals surface area contributed by atoms with Crippen LogP contribution in [0, 0.1) is 0 Å². The molecular formula is C14H15BrN2O5. The quantitative estimate of drug-likeness (QED) is 0.515. The third-order valence-electron chi connectivity index (χ3n) is 2.47. The van der Waals surface area contributed by atoms with Gasteiger partial charge in [0.2, 0.25) is 0 Å². The third-order valence-corrected chi connectivity index (χ3v) is 3.09. The molecule has 0 aliphatic heterocycles. The Morgan fingerprint density at radius 2 is 2.00 bits per heavy atom. The Labute approximate surface area is 135 Å². The fourth-order valence-corrected chi connectivity index (χ4v) is 1.92. The van der Waals surface area contributed by atoms with Gasteiger partial charge in [0.05, 0.1) is 4.47 Å². The molecule has 2 amide bonds. The summed E-state index contributed by atoms with van der Waals surface area (Å²) in [5.41, 5.74) is 5.25. The number of aliphatic carboxylic acids is 1. The predicted octanol–water partition coefficient (Wildman–Crippen LogP) is 1.18. The minimum Gasteiger partial charge on any atom is -0.483 e. The van der Waals surface area contributed by atoms with E-state index < -0.39 is 17.8 Å². The summed E-state index contributed by atoms with van der Waals surface area (Å²) >= 11 is 3.34. The maximum absolute atomic E-state index is 11.5. The third kappa shape index (κ3) is 6.40. The number of hydrazine groups is 1. The number of halogens is 1. The van der Waals surface area contributed by atoms with Crippen LogP contribution >= 0.6 is 15.9 Å². The number of hydrogen-bond acceptors (Lipinski definition) is 4. The predicted molar refractivity (Wildman–Crippen MR) is 82.1 cm³/mol. The number of hydrogen-bond donors (Lipinski definition) is 3. The van der Waals surface area contributed by atoms with E-state index in [0.29, 0.717) is 11.8 Å². The smallest absolute Gasteiger partial charge is 0.328 e. The number of carboxylic acid groups (broad SMARTS) is 1. The first kappa shape index (κ1) is 17.7. The molecule has 0 aromatic heterocycles. The maximum atomic E-state index is 11.5. The SMILES string of the molecule is CCc1ccc(OCC(=O)NNC(=O)/C=C/C(=O)O)c(Br)c1. The Kier molecular flexibility index (Phi) is 7.11. The lowest BCUT2D eigenvalue weighted by Gasteiger charge is -2.09. The van der Waals surface area contributed by atoms with Gasteiger partial charge in [0.1, 0.15) is 5.75 Å². The Morgan fingerprint density at radius 1 is 1.27 bits per heavy atom. The van der Waals surface area contributed by atoms with Crippen molar-refractivity contribution in [2.45, 2.75) is 13.3 Å². The highest BCUT2D eigenvalue weighted by molar-refractivity contribution is 9.10. The van der Waals surface area contributed by atoms with Crippen LogP contribution in [0.2, 0.25) is 0 Å². The first-order valence-corrected chi connectivity index (χ1v) is 7.12. The van der Waals surface area contributed by atoms with Crippen molar-refractivity contribution in [3.05, 3.63) is 40.4 Å². The molecule has 0 unspecified atom stereocenters. The number of carboxylic acids is 1. The molecule has 1 aromatic carbocycles. The van der Waals surface area contributed by atoms with Gasteiger partial charge in [-0.15, -0.1) is 0 Å². The van der Waals surface area contributed by atoms with Gasteiger partial charge in [0.15, 0.2) is 6.61 Å². The number of aryl methyl sites for hydroxylation is 1. The second kappa shape index (κ2) is 8.83. The molecule has 1 aromatic rings. The first-order chi connectivity index (χ1) is 10.4. The number of nitrogens with one attached hydrogen (secondary N) is 2. The van der Waals surface area contributed by atoms with E-state index >= 15 is 0 Å². The molecule has 22 heavy (non-hydrogen) atoms. The normalized spacial score (nSPS) is 10.3. The van der Waals surface area contributed by atoms with E-state index in [0.717, 1.165) is 22.5 Å². The highest BCUT2D eigenvalue weighted by Gasteiger charge is 2.07. The van der Waals surface area contributed by atoms with Crippen molar-refractivity contribution in [1.82, 2.24) is 10.9 Å². The van der Waals surface area contributed by atoms with E-state index in [1.165, 1.54) is 0 Å². The summed E-state index contributed by atoms with van der Waals surface area (Å²) in [6, 6.07) is 5.52. The van der Waals surface area contributed by atoms with Crippen LogP contribution in [-0.4, -0.2) is 29.5 Å². The lowest BCUT2D eigenvalue weighted by Crippen LogP contribution is -2.43. The van der Waals surface area contributed by atoms with E-state index in [1.54, 1.807) is 6.07 Å². The zero-order chi connectivity index (χ0) is 16.5. The summed E-state index contributed by atoms with van der Waals surface area (Å²) in [5, 5.41) is 8.33. The Balaban J connectivity index is 2.40. The van der Waals surface area contributed by atoms with Gasteiger partial charge in [-0.3, -0.25) is 20.4 Å². The summed E-state index contributed by atoms with van der Waals surface area (Å²) in [6.45, 7) is 1.73. The van der Waals surface area contributed by atoms with Crippen molar-refractivity contribution >= 4 is 33.7 Å². The monoisotopic (exact) mass is 370 g/mol. The van der Waals surface area contributed by atoms with Crippen LogP contribution in [0.15, 0.2) is 34.8 Å². The van der Waals surface area contributed by atoms with Gasteiger partial charge in [-0.25, -0.2) is 4.79 Å². The number of ether oxygens (including phenoxy) is 1. The molecule has 0 heterocycles. The van der Waals surface area contributed by atoms with Gasteiger partial charge in [-0.05, 0) is 40.0 Å². The standard InChI is InChI=1S/C14H15BrN2O5/c1-2-9-3-4-11(10(15)7-9)22-8-13(19)17-16-12(18)5-6-14(20)21/h3-7H,2,8H2,1H3,(H,16,18)(H,17,19)(H,20,21)/b6-5+. The van der Waals surface area contributed by atoms with Crippen LogP contribution in [-0.2, 0) is 20.8 Å². The van der Waals surface area contributed by atoms with Crippen LogP contribution in [0.3, 0.4) is 0 Å². The molecule has 0 bridgehead atoms. The first-order valence-electron chi connectivity index (χ1n) is 6.33. The number of benzene rings is 1. The highest BCUT2D eigenvalue weighted by atomic mass is 79.9. The second-order valence-corrected chi connectivity index (χ2v) is 4.97. The van der Waals surface area contributed by atoms with E-state index in [-0.39, 0.29) is 6.61 Å². The minimum absolute atomic E-state index is 0.299. The summed E-state index contributed by atoms with van der Waals surface area (Å²) in [7, 11) is 0. The van der Waals surface area contributed by atoms with E-state index in [4.69, 9.17) is 9.84 Å². The highest BCUT2D eigenvalue weighted by Crippen LogP contribution is 2.26. The number of amides is 2. The average Bonchev–Trinajstić information content (AvgIpc) is 2.49. The summed E-state index contributed by atoms with van der Waals surface area (Å²) in [6.07, 6.45) is 2.32. The molecule has 118 valence electrons. The molecule has 8 heteroatoms. The van der Waals surface area contributed by atoms with Crippen molar-refractivity contribution < 1.29 is 24.2 Å². The Hall–Kier alpha value is -2.35. The maximum Gasteiger partial charge on any atom is 0.328 e. The van der Waals surface area contributed by atoms with Crippen molar-refractivity contribution in [3.8, 4) is 5.75 Å². The molecule has 0 aliphatic rings. The van der Waals surface area contributed by atoms with Crippen molar-refractivity contribution in [2.24, 2.45) is 0 Å². The van der Waals surface area contributed by atoms with Crippen LogP contribution in [0.25, 0.3) is 0 Å². The number of rotatable bonds is 6. The minimum atomic E-state index is -1.26. The largest absolute Gasteiger partial charge is 0.483 e. The van der Waals surface area contributed by atoms with Gasteiger partial charge >= 0.3 is 5.97 Å². The summed E-state index contributed by atoms with van der Waals surface area (Å²) in [4.78, 5) is 32.8. The molecule has 0 aliphatic carbocycles. The Bertz CT molecular complexity index is 601. The molecular weight excluding hydrogens is 356 g/mol. The Morgan fingerprint density at radius 3 is 2.59 bits per heavy atom. The summed E-state index contributed by atoms with van der Waals surface area (Å²) < 4.78 is 6.04. The molecule has 0 radical (unpaired) electrons. The molecule has 7 nitrogen and oxygen atoms in total. The zero-order valence-corrected chi connectivity index (χ0v) is 13.3. The topological polar surface area (TPSA) is 105 Å². The molecule has 1 rings (SSSR count). The van der Waals surface area contributed by atoms with Crippen molar-refractivity contribution in [2.75, 3.05) is 6.61 Å². The van der Waals surface area contributed by atoms with Crippen molar-refractivity contribution in [3.63, 3.8) is 0 Å². The van der Waals surface area contributed by atoms with E-state index in [1.807, 2.05) is 24.5 Å². The van der Waals surface area contributed by atoms with Crippen molar-refractivity contribution in [1.29, 1.82) is 0 Å². The van der Waals surface area contributed by atoms with Gasteiger partial charge in [-0.1, -0.05) is 13.0 Å². The molecule has 3 N–H and O–H groups in total. The average molecular weight is 371 g/mol. The van der Waals surface area contributed by atoms with Gasteiger partial charge in [0.25, 0.3) is 11.8 Å². The van der Waals surface area contributed by atoms with Gasteiger partial charge < -0.3 is 9.84 Å². The number of carbonyl (C=O) groups is 3. The van der Waals surface area contributed by atoms with E-state index in [2.05, 4.69) is 21.4 Å². The fourth-order valence-electron chi connectivity index (χ4n) is 1.38. The van der Waals surface area contributed by atoms with Crippen LogP contribution in [0.4, 0.5) is 0 Å². The molecule has 0 saturated carbocycles. The van der Waals surface area contributed by atoms with Gasteiger partial charge in [0, 0.05) is 12.2 Å². The fraction of sp³-hybridized carbons (Fsp3) is 0.214. The van der Waals surface area contributed by atoms with Crippen LogP contribution in [0.5, 0.6) is 5.75 Å². The molecule has 0 atom stereocenters. The van der Waals surface area contributed by atoms with Crippen LogP contribution in [0.1, 0.15) is 12.5 Å². The van der Waals surface area contributed by atoms with Crippen LogP contribution < -0.4 is 15.6 Å².